The molecule has 1 aliphatic rings. The Bertz CT molecular complexity index is 533. The first-order chi connectivity index (χ1) is 8.24. The van der Waals surface area contributed by atoms with E-state index in [1.807, 2.05) is 6.07 Å². The van der Waals surface area contributed by atoms with Crippen molar-refractivity contribution in [1.82, 2.24) is 10.3 Å². The molecule has 1 atom stereocenters. The summed E-state index contributed by atoms with van der Waals surface area (Å²) in [4.78, 5) is 2.84. The maximum atomic E-state index is 13.4. The molecule has 17 heavy (non-hydrogen) atoms. The predicted octanol–water partition coefficient (Wildman–Crippen LogP) is 2.09. The number of aliphatic hydroxyl groups is 1. The van der Waals surface area contributed by atoms with Crippen molar-refractivity contribution in [3.05, 3.63) is 35.8 Å². The summed E-state index contributed by atoms with van der Waals surface area (Å²) in [6, 6.07) is 5.91. The molecule has 1 aromatic carbocycles. The van der Waals surface area contributed by atoms with Crippen molar-refractivity contribution in [1.29, 1.82) is 0 Å². The summed E-state index contributed by atoms with van der Waals surface area (Å²) in [5.74, 6) is -0.274. The zero-order valence-corrected chi connectivity index (χ0v) is 9.41. The molecule has 4 heteroatoms. The zero-order chi connectivity index (χ0) is 11.8. The van der Waals surface area contributed by atoms with Gasteiger partial charge in [-0.2, -0.15) is 0 Å². The van der Waals surface area contributed by atoms with Crippen molar-refractivity contribution in [3.8, 4) is 0 Å². The number of aliphatic hydroxyl groups excluding tert-OH is 1. The number of rotatable bonds is 4. The van der Waals surface area contributed by atoms with Gasteiger partial charge >= 0.3 is 0 Å². The second kappa shape index (κ2) is 4.13. The average Bonchev–Trinajstić information content (AvgIpc) is 3.11. The highest BCUT2D eigenvalue weighted by molar-refractivity contribution is 5.80. The minimum atomic E-state index is -0.575. The van der Waals surface area contributed by atoms with E-state index in [4.69, 9.17) is 0 Å². The molecule has 1 heterocycles. The Morgan fingerprint density at radius 1 is 1.47 bits per heavy atom. The zero-order valence-electron chi connectivity index (χ0n) is 9.41. The molecule has 2 aromatic rings. The average molecular weight is 234 g/mol. The second-order valence-corrected chi connectivity index (χ2v) is 4.64. The second-order valence-electron chi connectivity index (χ2n) is 4.64. The maximum absolute atomic E-state index is 13.4. The molecule has 1 saturated carbocycles. The van der Waals surface area contributed by atoms with Crippen molar-refractivity contribution in [2.75, 3.05) is 6.54 Å². The lowest BCUT2D eigenvalue weighted by Gasteiger charge is -2.11. The number of nitrogens with one attached hydrogen (secondary N) is 2. The summed E-state index contributed by atoms with van der Waals surface area (Å²) in [6.45, 7) is 0.530. The lowest BCUT2D eigenvalue weighted by atomic mass is 10.1. The Labute approximate surface area is 98.7 Å². The molecule has 0 unspecified atom stereocenters. The summed E-state index contributed by atoms with van der Waals surface area (Å²) in [5.41, 5.74) is 1.51. The van der Waals surface area contributed by atoms with Crippen LogP contribution in [0.4, 0.5) is 4.39 Å². The smallest absolute Gasteiger partial charge is 0.148 e. The normalized spacial score (nSPS) is 17.5. The van der Waals surface area contributed by atoms with Gasteiger partial charge in [0, 0.05) is 29.7 Å². The Balaban J connectivity index is 1.80. The number of halogens is 1. The summed E-state index contributed by atoms with van der Waals surface area (Å²) in [5, 5.41) is 13.8. The minimum absolute atomic E-state index is 0.274. The molecule has 0 amide bonds. The van der Waals surface area contributed by atoms with Gasteiger partial charge < -0.3 is 15.4 Å². The number of aromatic amines is 1. The van der Waals surface area contributed by atoms with E-state index in [-0.39, 0.29) is 5.82 Å². The van der Waals surface area contributed by atoms with Crippen molar-refractivity contribution >= 4 is 10.9 Å². The lowest BCUT2D eigenvalue weighted by molar-refractivity contribution is 0.174. The van der Waals surface area contributed by atoms with Crippen LogP contribution in [0.5, 0.6) is 0 Å². The third kappa shape index (κ3) is 2.18. The maximum Gasteiger partial charge on any atom is 0.148 e. The van der Waals surface area contributed by atoms with Gasteiger partial charge in [-0.15, -0.1) is 0 Å². The van der Waals surface area contributed by atoms with E-state index < -0.39 is 6.10 Å². The van der Waals surface area contributed by atoms with Gasteiger partial charge in [-0.05, 0) is 30.5 Å². The van der Waals surface area contributed by atoms with Crippen molar-refractivity contribution in [3.63, 3.8) is 0 Å². The third-order valence-corrected chi connectivity index (χ3v) is 3.22. The molecule has 0 radical (unpaired) electrons. The van der Waals surface area contributed by atoms with Crippen molar-refractivity contribution in [2.24, 2.45) is 0 Å². The standard InChI is InChI=1S/C13H15FN2O/c14-11-6-16-12-4-1-8(5-10(11)12)13(17)7-15-9-2-3-9/h1,4-6,9,13,15-17H,2-3,7H2/t13-/m0/s1. The highest BCUT2D eigenvalue weighted by atomic mass is 19.1. The van der Waals surface area contributed by atoms with Gasteiger partial charge in [0.05, 0.1) is 6.10 Å². The minimum Gasteiger partial charge on any atom is -0.387 e. The van der Waals surface area contributed by atoms with Crippen LogP contribution in [-0.2, 0) is 0 Å². The van der Waals surface area contributed by atoms with E-state index in [1.165, 1.54) is 19.0 Å². The molecular formula is C13H15FN2O. The lowest BCUT2D eigenvalue weighted by Crippen LogP contribution is -2.23. The number of fused-ring (bicyclic) bond motifs is 1. The topological polar surface area (TPSA) is 48.0 Å². The number of hydrogen-bond donors (Lipinski definition) is 3. The molecule has 3 rings (SSSR count). The Morgan fingerprint density at radius 2 is 2.29 bits per heavy atom. The van der Waals surface area contributed by atoms with E-state index in [2.05, 4.69) is 10.3 Å². The van der Waals surface area contributed by atoms with Gasteiger partial charge in [0.2, 0.25) is 0 Å². The molecule has 0 bridgehead atoms. The molecule has 3 N–H and O–H groups in total. The van der Waals surface area contributed by atoms with Gasteiger partial charge in [-0.1, -0.05) is 6.07 Å². The highest BCUT2D eigenvalue weighted by Gasteiger charge is 2.21. The van der Waals surface area contributed by atoms with Crippen LogP contribution < -0.4 is 5.32 Å². The number of hydrogen-bond acceptors (Lipinski definition) is 2. The monoisotopic (exact) mass is 234 g/mol. The van der Waals surface area contributed by atoms with Crippen LogP contribution in [0.25, 0.3) is 10.9 Å². The first kappa shape index (κ1) is 10.7. The van der Waals surface area contributed by atoms with Crippen LogP contribution in [-0.4, -0.2) is 22.7 Å². The summed E-state index contributed by atoms with van der Waals surface area (Å²) in [7, 11) is 0. The summed E-state index contributed by atoms with van der Waals surface area (Å²) >= 11 is 0. The van der Waals surface area contributed by atoms with Gasteiger partial charge in [0.15, 0.2) is 0 Å². The van der Waals surface area contributed by atoms with Crippen LogP contribution in [0.3, 0.4) is 0 Å². The van der Waals surface area contributed by atoms with Gasteiger partial charge in [-0.3, -0.25) is 0 Å². The fraction of sp³-hybridized carbons (Fsp3) is 0.385. The van der Waals surface area contributed by atoms with E-state index in [1.54, 1.807) is 12.1 Å². The predicted molar refractivity (Wildman–Crippen MR) is 64.2 cm³/mol. The molecule has 0 spiro atoms. The SMILES string of the molecule is O[C@@H](CNC1CC1)c1ccc2[nH]cc(F)c2c1. The van der Waals surface area contributed by atoms with E-state index in [0.717, 1.165) is 11.1 Å². The van der Waals surface area contributed by atoms with Crippen molar-refractivity contribution < 1.29 is 9.50 Å². The van der Waals surface area contributed by atoms with Gasteiger partial charge in [0.1, 0.15) is 5.82 Å². The summed E-state index contributed by atoms with van der Waals surface area (Å²) in [6.07, 6.45) is 3.15. The first-order valence-corrected chi connectivity index (χ1v) is 5.92. The molecule has 1 aromatic heterocycles. The fourth-order valence-corrected chi connectivity index (χ4v) is 2.00. The highest BCUT2D eigenvalue weighted by Crippen LogP contribution is 2.23. The number of benzene rings is 1. The van der Waals surface area contributed by atoms with Crippen LogP contribution in [0, 0.1) is 5.82 Å². The fourth-order valence-electron chi connectivity index (χ4n) is 2.00. The van der Waals surface area contributed by atoms with E-state index in [9.17, 15) is 9.50 Å². The Hall–Kier alpha value is -1.39. The first-order valence-electron chi connectivity index (χ1n) is 5.92. The van der Waals surface area contributed by atoms with E-state index >= 15 is 0 Å². The van der Waals surface area contributed by atoms with Crippen molar-refractivity contribution in [2.45, 2.75) is 25.0 Å². The Kier molecular flexibility index (Phi) is 2.61. The van der Waals surface area contributed by atoms with Crippen LogP contribution in [0.15, 0.2) is 24.4 Å². The molecule has 1 fully saturated rings. The largest absolute Gasteiger partial charge is 0.387 e. The van der Waals surface area contributed by atoms with Gasteiger partial charge in [-0.25, -0.2) is 4.39 Å². The van der Waals surface area contributed by atoms with Crippen LogP contribution in [0.2, 0.25) is 0 Å². The van der Waals surface area contributed by atoms with Crippen LogP contribution in [0.1, 0.15) is 24.5 Å². The number of H-pyrrole nitrogens is 1. The molecule has 1 aliphatic carbocycles. The molecule has 90 valence electrons. The quantitative estimate of drug-likeness (QED) is 0.758. The van der Waals surface area contributed by atoms with E-state index in [0.29, 0.717) is 18.0 Å². The molecule has 0 aliphatic heterocycles. The summed E-state index contributed by atoms with van der Waals surface area (Å²) < 4.78 is 13.4. The molecule has 0 saturated heterocycles. The number of aromatic nitrogens is 1. The third-order valence-electron chi connectivity index (χ3n) is 3.22. The van der Waals surface area contributed by atoms with Crippen LogP contribution >= 0.6 is 0 Å². The molecular weight excluding hydrogens is 219 g/mol. The molecule has 3 nitrogen and oxygen atoms in total. The Morgan fingerprint density at radius 3 is 3.06 bits per heavy atom. The van der Waals surface area contributed by atoms with Gasteiger partial charge in [0.25, 0.3) is 0 Å².